The Labute approximate surface area is 77.6 Å². The maximum absolute atomic E-state index is 5.09. The number of methoxy groups -OCH3 is 1. The monoisotopic (exact) mass is 179 g/mol. The third-order valence-electron chi connectivity index (χ3n) is 2.30. The fraction of sp³-hybridized carbons (Fsp3) is 0.400. The highest BCUT2D eigenvalue weighted by Gasteiger charge is 2.17. The predicted octanol–water partition coefficient (Wildman–Crippen LogP) is 1.31. The lowest BCUT2D eigenvalue weighted by Gasteiger charge is -2.07. The molecule has 13 heavy (non-hydrogen) atoms. The summed E-state index contributed by atoms with van der Waals surface area (Å²) in [6, 6.07) is 8.13. The Hall–Kier alpha value is -1.06. The highest BCUT2D eigenvalue weighted by molar-refractivity contribution is 5.29. The minimum Gasteiger partial charge on any atom is -0.497 e. The molecule has 1 aromatic rings. The van der Waals surface area contributed by atoms with Gasteiger partial charge in [-0.05, 0) is 17.7 Å². The highest BCUT2D eigenvalue weighted by Crippen LogP contribution is 2.21. The van der Waals surface area contributed by atoms with Crippen molar-refractivity contribution in [2.45, 2.75) is 5.92 Å². The third kappa shape index (κ3) is 1.82. The van der Waals surface area contributed by atoms with Crippen LogP contribution in [-0.4, -0.2) is 20.3 Å². The Kier molecular flexibility index (Phi) is 2.47. The maximum atomic E-state index is 5.09. The van der Waals surface area contributed by atoms with Gasteiger partial charge in [-0.3, -0.25) is 0 Å². The first-order valence-corrected chi connectivity index (χ1v) is 4.39. The van der Waals surface area contributed by atoms with Crippen LogP contribution in [0.3, 0.4) is 0 Å². The van der Waals surface area contributed by atoms with Gasteiger partial charge in [0.25, 0.3) is 0 Å². The van der Waals surface area contributed by atoms with Gasteiger partial charge in [-0.1, -0.05) is 12.1 Å². The van der Waals surface area contributed by atoms with Crippen LogP contribution in [0.15, 0.2) is 24.3 Å². The molecule has 1 saturated heterocycles. The number of benzene rings is 1. The van der Waals surface area contributed by atoms with Crippen LogP contribution < -0.4 is 10.2 Å². The second-order valence-corrected chi connectivity index (χ2v) is 3.13. The summed E-state index contributed by atoms with van der Waals surface area (Å²) >= 11 is 0. The van der Waals surface area contributed by atoms with Crippen LogP contribution in [-0.2, 0) is 4.84 Å². The van der Waals surface area contributed by atoms with Gasteiger partial charge < -0.3 is 9.57 Å². The number of hydrogen-bond acceptors (Lipinski definition) is 3. The minimum atomic E-state index is 0.478. The molecule has 0 aliphatic carbocycles. The summed E-state index contributed by atoms with van der Waals surface area (Å²) in [5, 5.41) is 0. The molecule has 0 bridgehead atoms. The normalized spacial score (nSPS) is 21.8. The van der Waals surface area contributed by atoms with Crippen LogP contribution in [0.25, 0.3) is 0 Å². The molecule has 0 radical (unpaired) electrons. The molecule has 0 amide bonds. The summed E-state index contributed by atoms with van der Waals surface area (Å²) in [7, 11) is 1.68. The van der Waals surface area contributed by atoms with Crippen molar-refractivity contribution in [1.82, 2.24) is 5.48 Å². The van der Waals surface area contributed by atoms with Gasteiger partial charge in [0.1, 0.15) is 5.75 Å². The topological polar surface area (TPSA) is 30.5 Å². The highest BCUT2D eigenvalue weighted by atomic mass is 16.7. The quantitative estimate of drug-likeness (QED) is 0.742. The lowest BCUT2D eigenvalue weighted by molar-refractivity contribution is 0.101. The molecular weight excluding hydrogens is 166 g/mol. The smallest absolute Gasteiger partial charge is 0.118 e. The Morgan fingerprint density at radius 1 is 1.38 bits per heavy atom. The molecule has 1 aliphatic heterocycles. The lowest BCUT2D eigenvalue weighted by atomic mass is 10.0. The van der Waals surface area contributed by atoms with E-state index in [0.29, 0.717) is 5.92 Å². The number of ether oxygens (including phenoxy) is 1. The Morgan fingerprint density at radius 3 is 2.69 bits per heavy atom. The van der Waals surface area contributed by atoms with E-state index in [2.05, 4.69) is 17.6 Å². The number of hydrogen-bond donors (Lipinski definition) is 1. The Balaban J connectivity index is 2.12. The van der Waals surface area contributed by atoms with E-state index < -0.39 is 0 Å². The third-order valence-corrected chi connectivity index (χ3v) is 2.30. The van der Waals surface area contributed by atoms with Gasteiger partial charge in [-0.2, -0.15) is 0 Å². The second-order valence-electron chi connectivity index (χ2n) is 3.13. The van der Waals surface area contributed by atoms with Gasteiger partial charge in [0, 0.05) is 12.5 Å². The van der Waals surface area contributed by atoms with E-state index in [1.807, 2.05) is 12.1 Å². The molecule has 0 spiro atoms. The van der Waals surface area contributed by atoms with E-state index in [1.165, 1.54) is 5.56 Å². The average Bonchev–Trinajstić information content (AvgIpc) is 2.71. The van der Waals surface area contributed by atoms with Gasteiger partial charge >= 0.3 is 0 Å². The van der Waals surface area contributed by atoms with Crippen molar-refractivity contribution in [2.24, 2.45) is 0 Å². The van der Waals surface area contributed by atoms with Crippen LogP contribution in [0.1, 0.15) is 11.5 Å². The van der Waals surface area contributed by atoms with Gasteiger partial charge in [0.2, 0.25) is 0 Å². The number of nitrogens with one attached hydrogen (secondary N) is 1. The SMILES string of the molecule is COc1ccc(C2CNOC2)cc1. The average molecular weight is 179 g/mol. The molecular formula is C10H13NO2. The molecule has 0 saturated carbocycles. The Bertz CT molecular complexity index is 265. The summed E-state index contributed by atoms with van der Waals surface area (Å²) in [5.74, 6) is 1.38. The predicted molar refractivity (Wildman–Crippen MR) is 49.7 cm³/mol. The molecule has 1 fully saturated rings. The first-order valence-electron chi connectivity index (χ1n) is 4.39. The van der Waals surface area contributed by atoms with Crippen LogP contribution in [0.2, 0.25) is 0 Å². The fourth-order valence-corrected chi connectivity index (χ4v) is 1.47. The molecule has 70 valence electrons. The van der Waals surface area contributed by atoms with E-state index >= 15 is 0 Å². The van der Waals surface area contributed by atoms with Crippen LogP contribution in [0, 0.1) is 0 Å². The van der Waals surface area contributed by atoms with Gasteiger partial charge in [0.05, 0.1) is 13.7 Å². The minimum absolute atomic E-state index is 0.478. The molecule has 0 aromatic heterocycles. The van der Waals surface area contributed by atoms with Crippen molar-refractivity contribution in [2.75, 3.05) is 20.3 Å². The van der Waals surface area contributed by atoms with Crippen molar-refractivity contribution in [3.05, 3.63) is 29.8 Å². The zero-order valence-corrected chi connectivity index (χ0v) is 7.62. The van der Waals surface area contributed by atoms with E-state index in [4.69, 9.17) is 9.57 Å². The van der Waals surface area contributed by atoms with E-state index in [1.54, 1.807) is 7.11 Å². The molecule has 1 aliphatic rings. The first-order chi connectivity index (χ1) is 6.40. The standard InChI is InChI=1S/C10H13NO2/c1-12-10-4-2-8(3-5-10)9-6-11-13-7-9/h2-5,9,11H,6-7H2,1H3. The molecule has 1 atom stereocenters. The summed E-state index contributed by atoms with van der Waals surface area (Å²) in [6.07, 6.45) is 0. The van der Waals surface area contributed by atoms with Crippen molar-refractivity contribution in [1.29, 1.82) is 0 Å². The fourth-order valence-electron chi connectivity index (χ4n) is 1.47. The summed E-state index contributed by atoms with van der Waals surface area (Å²) < 4.78 is 5.08. The van der Waals surface area contributed by atoms with Crippen LogP contribution >= 0.6 is 0 Å². The van der Waals surface area contributed by atoms with Crippen molar-refractivity contribution in [3.63, 3.8) is 0 Å². The second kappa shape index (κ2) is 3.77. The lowest BCUT2D eigenvalue weighted by Crippen LogP contribution is -2.06. The zero-order chi connectivity index (χ0) is 9.10. The number of rotatable bonds is 2. The zero-order valence-electron chi connectivity index (χ0n) is 7.62. The van der Waals surface area contributed by atoms with Crippen molar-refractivity contribution < 1.29 is 9.57 Å². The summed E-state index contributed by atoms with van der Waals surface area (Å²) in [4.78, 5) is 5.09. The Morgan fingerprint density at radius 2 is 2.15 bits per heavy atom. The van der Waals surface area contributed by atoms with Crippen LogP contribution in [0.5, 0.6) is 5.75 Å². The number of hydroxylamine groups is 1. The first kappa shape index (κ1) is 8.53. The van der Waals surface area contributed by atoms with Crippen molar-refractivity contribution >= 4 is 0 Å². The van der Waals surface area contributed by atoms with E-state index in [-0.39, 0.29) is 0 Å². The molecule has 2 rings (SSSR count). The van der Waals surface area contributed by atoms with E-state index in [0.717, 1.165) is 18.9 Å². The molecule has 1 unspecified atom stereocenters. The molecule has 3 heteroatoms. The summed E-state index contributed by atoms with van der Waals surface area (Å²) in [6.45, 7) is 1.65. The molecule has 1 aromatic carbocycles. The molecule has 3 nitrogen and oxygen atoms in total. The van der Waals surface area contributed by atoms with E-state index in [9.17, 15) is 0 Å². The van der Waals surface area contributed by atoms with Gasteiger partial charge in [-0.15, -0.1) is 0 Å². The van der Waals surface area contributed by atoms with Crippen molar-refractivity contribution in [3.8, 4) is 5.75 Å². The van der Waals surface area contributed by atoms with Crippen LogP contribution in [0.4, 0.5) is 0 Å². The maximum Gasteiger partial charge on any atom is 0.118 e. The summed E-state index contributed by atoms with van der Waals surface area (Å²) in [5.41, 5.74) is 4.17. The van der Waals surface area contributed by atoms with Gasteiger partial charge in [0.15, 0.2) is 0 Å². The molecule has 1 N–H and O–H groups in total. The van der Waals surface area contributed by atoms with Gasteiger partial charge in [-0.25, -0.2) is 5.48 Å². The molecule has 1 heterocycles. The largest absolute Gasteiger partial charge is 0.497 e.